The molecule has 6 heteroatoms. The van der Waals surface area contributed by atoms with Crippen LogP contribution in [0.5, 0.6) is 0 Å². The number of ketones is 2. The predicted molar refractivity (Wildman–Crippen MR) is 120 cm³/mol. The van der Waals surface area contributed by atoms with Crippen LogP contribution in [0.15, 0.2) is 36.5 Å². The van der Waals surface area contributed by atoms with Crippen molar-refractivity contribution < 1.29 is 14.4 Å². The molecule has 2 aromatic rings. The highest BCUT2D eigenvalue weighted by molar-refractivity contribution is 6.15. The van der Waals surface area contributed by atoms with Crippen LogP contribution in [0.4, 0.5) is 10.6 Å². The largest absolute Gasteiger partial charge is 0.338 e. The quantitative estimate of drug-likeness (QED) is 0.596. The Balaban J connectivity index is 1.64. The summed E-state index contributed by atoms with van der Waals surface area (Å²) in [6.45, 7) is 5.94. The topological polar surface area (TPSA) is 79.4 Å². The molecule has 0 bridgehead atoms. The first-order valence-electron chi connectivity index (χ1n) is 10.4. The van der Waals surface area contributed by atoms with Crippen LogP contribution in [0.1, 0.15) is 47.9 Å². The van der Waals surface area contributed by atoms with Gasteiger partial charge in [0, 0.05) is 37.7 Å². The molecule has 160 valence electrons. The van der Waals surface area contributed by atoms with Crippen molar-refractivity contribution in [3.8, 4) is 11.8 Å². The van der Waals surface area contributed by atoms with Crippen molar-refractivity contribution in [3.63, 3.8) is 0 Å². The Hall–Kier alpha value is -3.46. The predicted octanol–water partition coefficient (Wildman–Crippen LogP) is 3.55. The van der Waals surface area contributed by atoms with E-state index in [-0.39, 0.29) is 29.9 Å². The Morgan fingerprint density at radius 2 is 1.94 bits per heavy atom. The summed E-state index contributed by atoms with van der Waals surface area (Å²) in [7, 11) is 1.63. The fourth-order valence-corrected chi connectivity index (χ4v) is 4.18. The monoisotopic (exact) mass is 417 g/mol. The van der Waals surface area contributed by atoms with Crippen LogP contribution in [-0.2, 0) is 9.59 Å². The number of amides is 2. The number of nitrogens with zero attached hydrogens (tertiary/aromatic N) is 2. The molecule has 3 rings (SSSR count). The first-order valence-corrected chi connectivity index (χ1v) is 10.4. The summed E-state index contributed by atoms with van der Waals surface area (Å²) >= 11 is 0. The summed E-state index contributed by atoms with van der Waals surface area (Å²) in [6.07, 6.45) is 2.26. The van der Waals surface area contributed by atoms with Crippen molar-refractivity contribution in [2.75, 3.05) is 18.5 Å². The van der Waals surface area contributed by atoms with E-state index in [0.29, 0.717) is 18.8 Å². The fraction of sp³-hybridized carbons (Fsp3) is 0.360. The maximum Gasteiger partial charge on any atom is 0.322 e. The third-order valence-corrected chi connectivity index (χ3v) is 5.67. The lowest BCUT2D eigenvalue weighted by Crippen LogP contribution is -2.38. The lowest BCUT2D eigenvalue weighted by atomic mass is 9.86. The number of Topliss-reactive ketones (excluding diaryl/α,β-unsaturated/α-hetero) is 2. The summed E-state index contributed by atoms with van der Waals surface area (Å²) in [5.41, 5.74) is 3.51. The highest BCUT2D eigenvalue weighted by Gasteiger charge is 2.42. The van der Waals surface area contributed by atoms with E-state index in [2.05, 4.69) is 22.1 Å². The normalized spacial score (nSPS) is 17.8. The van der Waals surface area contributed by atoms with Gasteiger partial charge in [0.15, 0.2) is 5.78 Å². The summed E-state index contributed by atoms with van der Waals surface area (Å²) in [6, 6.07) is 8.89. The van der Waals surface area contributed by atoms with Crippen molar-refractivity contribution in [1.29, 1.82) is 0 Å². The highest BCUT2D eigenvalue weighted by atomic mass is 16.2. The molecular weight excluding hydrogens is 390 g/mol. The van der Waals surface area contributed by atoms with E-state index in [4.69, 9.17) is 0 Å². The molecule has 0 saturated heterocycles. The summed E-state index contributed by atoms with van der Waals surface area (Å²) in [5.74, 6) is 5.23. The van der Waals surface area contributed by atoms with Crippen LogP contribution in [0.2, 0.25) is 0 Å². The van der Waals surface area contributed by atoms with Gasteiger partial charge in [0.25, 0.3) is 0 Å². The van der Waals surface area contributed by atoms with Gasteiger partial charge in [-0.3, -0.25) is 14.5 Å². The number of hydrogen-bond donors (Lipinski definition) is 1. The fourth-order valence-electron chi connectivity index (χ4n) is 4.18. The molecule has 6 nitrogen and oxygen atoms in total. The molecule has 1 aliphatic rings. The van der Waals surface area contributed by atoms with E-state index in [1.54, 1.807) is 38.4 Å². The first-order chi connectivity index (χ1) is 14.8. The zero-order chi connectivity index (χ0) is 22.5. The van der Waals surface area contributed by atoms with Crippen LogP contribution in [0.3, 0.4) is 0 Å². The molecule has 1 fully saturated rings. The maximum absolute atomic E-state index is 13.1. The van der Waals surface area contributed by atoms with Crippen molar-refractivity contribution in [2.45, 2.75) is 39.5 Å². The summed E-state index contributed by atoms with van der Waals surface area (Å²) in [5, 5.41) is 2.81. The number of benzene rings is 1. The smallest absolute Gasteiger partial charge is 0.322 e. The Labute approximate surface area is 183 Å². The number of aryl methyl sites for hydroxylation is 2. The summed E-state index contributed by atoms with van der Waals surface area (Å²) in [4.78, 5) is 43.7. The van der Waals surface area contributed by atoms with E-state index in [9.17, 15) is 14.4 Å². The minimum Gasteiger partial charge on any atom is -0.338 e. The second-order valence-corrected chi connectivity index (χ2v) is 7.87. The average molecular weight is 418 g/mol. The molecule has 1 N–H and O–H groups in total. The van der Waals surface area contributed by atoms with Crippen molar-refractivity contribution >= 4 is 23.4 Å². The van der Waals surface area contributed by atoms with Gasteiger partial charge in [-0.15, -0.1) is 5.92 Å². The number of hydrogen-bond acceptors (Lipinski definition) is 4. The van der Waals surface area contributed by atoms with Gasteiger partial charge < -0.3 is 5.32 Å². The van der Waals surface area contributed by atoms with Gasteiger partial charge in [0.1, 0.15) is 17.5 Å². The molecule has 2 atom stereocenters. The third-order valence-electron chi connectivity index (χ3n) is 5.67. The number of nitrogens with one attached hydrogen (secondary N) is 1. The van der Waals surface area contributed by atoms with Gasteiger partial charge in [-0.1, -0.05) is 12.0 Å². The first kappa shape index (κ1) is 22.2. The highest BCUT2D eigenvalue weighted by Crippen LogP contribution is 2.37. The number of carbonyl (C=O) groups excluding carboxylic acids is 3. The molecule has 0 spiro atoms. The molecule has 0 radical (unpaired) electrons. The number of aromatic nitrogens is 1. The van der Waals surface area contributed by atoms with Crippen molar-refractivity contribution in [2.24, 2.45) is 5.92 Å². The number of anilines is 1. The Morgan fingerprint density at radius 1 is 1.23 bits per heavy atom. The molecule has 1 heterocycles. The number of carbonyl (C=O) groups is 3. The minimum absolute atomic E-state index is 0.0487. The Morgan fingerprint density at radius 3 is 2.55 bits per heavy atom. The molecule has 0 aliphatic heterocycles. The lowest BCUT2D eigenvalue weighted by molar-refractivity contribution is -0.124. The molecule has 1 aliphatic carbocycles. The molecule has 31 heavy (non-hydrogen) atoms. The van der Waals surface area contributed by atoms with Crippen molar-refractivity contribution in [3.05, 3.63) is 58.8 Å². The van der Waals surface area contributed by atoms with Crippen molar-refractivity contribution in [1.82, 2.24) is 10.3 Å². The zero-order valence-electron chi connectivity index (χ0n) is 18.4. The Kier molecular flexibility index (Phi) is 6.86. The van der Waals surface area contributed by atoms with Gasteiger partial charge in [0.05, 0.1) is 0 Å². The molecule has 1 aromatic carbocycles. The van der Waals surface area contributed by atoms with Gasteiger partial charge in [-0.25, -0.2) is 9.78 Å². The summed E-state index contributed by atoms with van der Waals surface area (Å²) < 4.78 is 0. The standard InChI is InChI=1S/C25H27N3O3/c1-5-8-18-13-16(2)22(17(3)14-18)23-20(29)15-19(24(23)30)10-12-27-25(31)28(4)21-9-6-7-11-26-21/h6-7,9,11,13-14,19,23H,10,12,15H2,1-4H3,(H,27,31). The van der Waals surface area contributed by atoms with Gasteiger partial charge in [0.2, 0.25) is 0 Å². The van der Waals surface area contributed by atoms with Crippen LogP contribution in [0.25, 0.3) is 0 Å². The van der Waals surface area contributed by atoms with E-state index in [1.165, 1.54) is 4.90 Å². The van der Waals surface area contributed by atoms with E-state index in [1.807, 2.05) is 26.0 Å². The molecule has 2 unspecified atom stereocenters. The lowest BCUT2D eigenvalue weighted by Gasteiger charge is -2.18. The molecule has 1 saturated carbocycles. The zero-order valence-corrected chi connectivity index (χ0v) is 18.4. The van der Waals surface area contributed by atoms with Gasteiger partial charge in [-0.2, -0.15) is 0 Å². The van der Waals surface area contributed by atoms with Crippen LogP contribution < -0.4 is 10.2 Å². The third kappa shape index (κ3) is 4.83. The van der Waals surface area contributed by atoms with Crippen LogP contribution in [0, 0.1) is 31.6 Å². The van der Waals surface area contributed by atoms with Gasteiger partial charge in [-0.05, 0) is 68.1 Å². The van der Waals surface area contributed by atoms with E-state index < -0.39 is 5.92 Å². The number of urea groups is 1. The molecular formula is C25H27N3O3. The Bertz CT molecular complexity index is 1040. The molecule has 1 aromatic heterocycles. The maximum atomic E-state index is 13.1. The van der Waals surface area contributed by atoms with Crippen LogP contribution in [-0.4, -0.2) is 36.2 Å². The molecule has 2 amide bonds. The number of rotatable bonds is 5. The number of pyridine rings is 1. The van der Waals surface area contributed by atoms with E-state index in [0.717, 1.165) is 22.3 Å². The SMILES string of the molecule is CC#Cc1cc(C)c(C2C(=O)CC(CCNC(=O)N(C)c3ccccn3)C2=O)c(C)c1. The van der Waals surface area contributed by atoms with Crippen LogP contribution >= 0.6 is 0 Å². The second kappa shape index (κ2) is 9.57. The minimum atomic E-state index is -0.722. The second-order valence-electron chi connectivity index (χ2n) is 7.87. The van der Waals surface area contributed by atoms with E-state index >= 15 is 0 Å². The van der Waals surface area contributed by atoms with Gasteiger partial charge >= 0.3 is 6.03 Å². The average Bonchev–Trinajstić information content (AvgIpc) is 3.01.